The fourth-order valence-electron chi connectivity index (χ4n) is 3.84. The highest BCUT2D eigenvalue weighted by Crippen LogP contribution is 2.33. The van der Waals surface area contributed by atoms with Gasteiger partial charge in [0.2, 0.25) is 0 Å². The summed E-state index contributed by atoms with van der Waals surface area (Å²) in [6, 6.07) is 15.5. The Morgan fingerprint density at radius 1 is 1.11 bits per heavy atom. The van der Waals surface area contributed by atoms with Crippen LogP contribution in [0.3, 0.4) is 0 Å². The van der Waals surface area contributed by atoms with Crippen LogP contribution in [0.15, 0.2) is 42.5 Å². The Labute approximate surface area is 214 Å². The average Bonchev–Trinajstić information content (AvgIpc) is 3.28. The van der Waals surface area contributed by atoms with E-state index in [9.17, 15) is 19.6 Å². The van der Waals surface area contributed by atoms with Gasteiger partial charge >= 0.3 is 17.9 Å². The number of carboxylic acid groups (broad SMARTS) is 2. The first-order chi connectivity index (χ1) is 17.5. The second kappa shape index (κ2) is 13.9. The minimum absolute atomic E-state index is 0.0754. The Balaban J connectivity index is 0.000000410. The van der Waals surface area contributed by atoms with Crippen LogP contribution in [-0.4, -0.2) is 76.3 Å². The number of esters is 1. The van der Waals surface area contributed by atoms with E-state index in [0.29, 0.717) is 17.7 Å². The summed E-state index contributed by atoms with van der Waals surface area (Å²) in [5.74, 6) is -3.83. The zero-order valence-corrected chi connectivity index (χ0v) is 20.4. The lowest BCUT2D eigenvalue weighted by atomic mass is 9.99. The molecule has 0 fully saturated rings. The van der Waals surface area contributed by atoms with Gasteiger partial charge in [-0.05, 0) is 55.5 Å². The number of aliphatic hydroxyl groups is 2. The molecule has 2 unspecified atom stereocenters. The molecule has 37 heavy (non-hydrogen) atoms. The number of carboxylic acids is 2. The normalized spacial score (nSPS) is 14.3. The first-order valence-electron chi connectivity index (χ1n) is 11.7. The lowest BCUT2D eigenvalue weighted by Gasteiger charge is -2.21. The molecule has 0 saturated heterocycles. The monoisotopic (exact) mass is 513 g/mol. The number of anilines is 1. The number of carbonyl (C=O) groups is 3. The number of nitriles is 1. The van der Waals surface area contributed by atoms with Crippen molar-refractivity contribution in [2.75, 3.05) is 24.6 Å². The van der Waals surface area contributed by atoms with Gasteiger partial charge in [-0.15, -0.1) is 0 Å². The van der Waals surface area contributed by atoms with Gasteiger partial charge in [0.25, 0.3) is 0 Å². The molecule has 3 atom stereocenters. The van der Waals surface area contributed by atoms with E-state index < -0.39 is 24.1 Å². The maximum atomic E-state index is 12.0. The quantitative estimate of drug-likeness (QED) is 0.224. The van der Waals surface area contributed by atoms with Crippen LogP contribution in [-0.2, 0) is 27.2 Å². The summed E-state index contributed by atoms with van der Waals surface area (Å²) < 4.78 is 5.35. The van der Waals surface area contributed by atoms with Gasteiger partial charge < -0.3 is 35.8 Å². The van der Waals surface area contributed by atoms with Crippen molar-refractivity contribution >= 4 is 23.6 Å². The Morgan fingerprint density at radius 3 is 2.27 bits per heavy atom. The lowest BCUT2D eigenvalue weighted by Crippen LogP contribution is -2.39. The molecule has 0 bridgehead atoms. The van der Waals surface area contributed by atoms with Gasteiger partial charge in [0, 0.05) is 19.1 Å². The minimum Gasteiger partial charge on any atom is -0.479 e. The predicted molar refractivity (Wildman–Crippen MR) is 133 cm³/mol. The fraction of sp³-hybridized carbons (Fsp3) is 0.385. The van der Waals surface area contributed by atoms with Crippen molar-refractivity contribution in [2.45, 2.75) is 44.4 Å². The number of hydrogen-bond donors (Lipinski definition) is 5. The van der Waals surface area contributed by atoms with Gasteiger partial charge in [0.05, 0.1) is 23.4 Å². The van der Waals surface area contributed by atoms with Crippen LogP contribution < -0.4 is 10.6 Å². The zero-order valence-electron chi connectivity index (χ0n) is 20.4. The van der Waals surface area contributed by atoms with Gasteiger partial charge in [0.15, 0.2) is 12.2 Å². The van der Waals surface area contributed by atoms with Crippen molar-refractivity contribution in [2.24, 2.45) is 5.73 Å². The van der Waals surface area contributed by atoms with Crippen LogP contribution in [0.25, 0.3) is 0 Å². The van der Waals surface area contributed by atoms with Crippen molar-refractivity contribution in [3.05, 3.63) is 64.7 Å². The number of nitrogens with two attached hydrogens (primary N) is 1. The smallest absolute Gasteiger partial charge is 0.338 e. The molecular weight excluding hydrogens is 482 g/mol. The molecule has 198 valence electrons. The summed E-state index contributed by atoms with van der Waals surface area (Å²) in [4.78, 5) is 33.7. The number of nitrogens with zero attached hydrogens (tertiary/aromatic N) is 2. The van der Waals surface area contributed by atoms with Crippen LogP contribution in [0.1, 0.15) is 40.4 Å². The van der Waals surface area contributed by atoms with Crippen LogP contribution in [0.5, 0.6) is 0 Å². The van der Waals surface area contributed by atoms with Crippen LogP contribution in [0, 0.1) is 11.3 Å². The lowest BCUT2D eigenvalue weighted by molar-refractivity contribution is -0.165. The Bertz CT molecular complexity index is 1110. The summed E-state index contributed by atoms with van der Waals surface area (Å²) in [7, 11) is 0. The average molecular weight is 514 g/mol. The standard InChI is InChI=1S/C22H25N3O2.C4H6O6/c1-16(24)12-17-13-19-8-10-25(21(19)20(14-17)15-23)9-5-11-27-22(26)18-6-3-2-4-7-18;5-1(3(7)8)2(6)4(9)10/h2-4,6-7,13-14,16H,5,8-12,24H2,1H3;1-2,5-6H,(H,7,8)(H,9,10)/t16-;/m0./s1. The van der Waals surface area contributed by atoms with Crippen molar-refractivity contribution in [3.63, 3.8) is 0 Å². The summed E-state index contributed by atoms with van der Waals surface area (Å²) in [5, 5.41) is 42.1. The van der Waals surface area contributed by atoms with E-state index in [1.807, 2.05) is 31.2 Å². The highest BCUT2D eigenvalue weighted by molar-refractivity contribution is 5.89. The molecule has 11 nitrogen and oxygen atoms in total. The number of aliphatic hydroxyl groups excluding tert-OH is 2. The van der Waals surface area contributed by atoms with Gasteiger partial charge in [-0.2, -0.15) is 5.26 Å². The van der Waals surface area contributed by atoms with E-state index >= 15 is 0 Å². The molecular formula is C26H31N3O8. The molecule has 0 spiro atoms. The highest BCUT2D eigenvalue weighted by Gasteiger charge is 2.29. The second-order valence-electron chi connectivity index (χ2n) is 8.60. The van der Waals surface area contributed by atoms with Gasteiger partial charge in [0.1, 0.15) is 6.07 Å². The molecule has 1 heterocycles. The molecule has 1 aliphatic heterocycles. The summed E-state index contributed by atoms with van der Waals surface area (Å²) in [6.45, 7) is 3.99. The van der Waals surface area contributed by atoms with Crippen molar-refractivity contribution in [3.8, 4) is 6.07 Å². The van der Waals surface area contributed by atoms with E-state index in [1.54, 1.807) is 12.1 Å². The molecule has 0 aliphatic carbocycles. The predicted octanol–water partition coefficient (Wildman–Crippen LogP) is 0.935. The summed E-state index contributed by atoms with van der Waals surface area (Å²) in [5.41, 5.74) is 10.5. The number of hydrogen-bond acceptors (Lipinski definition) is 9. The SMILES string of the molecule is C[C@H](N)Cc1cc(C#N)c2c(c1)CCN2CCCOC(=O)c1ccccc1.O=C(O)C(O)C(O)C(=O)O. The fourth-order valence-corrected chi connectivity index (χ4v) is 3.84. The molecule has 0 amide bonds. The number of benzene rings is 2. The summed E-state index contributed by atoms with van der Waals surface area (Å²) >= 11 is 0. The summed E-state index contributed by atoms with van der Waals surface area (Å²) in [6.07, 6.45) is -2.10. The molecule has 6 N–H and O–H groups in total. The minimum atomic E-state index is -2.27. The van der Waals surface area contributed by atoms with Crippen LogP contribution in [0.4, 0.5) is 5.69 Å². The molecule has 0 radical (unpaired) electrons. The van der Waals surface area contributed by atoms with Crippen LogP contribution in [0.2, 0.25) is 0 Å². The van der Waals surface area contributed by atoms with Gasteiger partial charge in [-0.25, -0.2) is 14.4 Å². The maximum Gasteiger partial charge on any atom is 0.338 e. The van der Waals surface area contributed by atoms with Crippen molar-refractivity contribution in [1.82, 2.24) is 0 Å². The number of ether oxygens (including phenoxy) is 1. The Kier molecular flexibility index (Phi) is 11.0. The zero-order chi connectivity index (χ0) is 27.5. The third-order valence-electron chi connectivity index (χ3n) is 5.51. The first kappa shape index (κ1) is 29.3. The van der Waals surface area contributed by atoms with E-state index in [2.05, 4.69) is 17.0 Å². The molecule has 3 rings (SSSR count). The largest absolute Gasteiger partial charge is 0.479 e. The topological polar surface area (TPSA) is 194 Å². The third-order valence-corrected chi connectivity index (χ3v) is 5.51. The van der Waals surface area contributed by atoms with Crippen molar-refractivity contribution in [1.29, 1.82) is 5.26 Å². The first-order valence-corrected chi connectivity index (χ1v) is 11.7. The highest BCUT2D eigenvalue weighted by atomic mass is 16.5. The number of rotatable bonds is 10. The number of carbonyl (C=O) groups excluding carboxylic acids is 1. The number of aliphatic carboxylic acids is 2. The Hall–Kier alpha value is -3.98. The molecule has 0 aromatic heterocycles. The maximum absolute atomic E-state index is 12.0. The van der Waals surface area contributed by atoms with Gasteiger partial charge in [-0.1, -0.05) is 24.3 Å². The van der Waals surface area contributed by atoms with Gasteiger partial charge in [-0.3, -0.25) is 0 Å². The number of fused-ring (bicyclic) bond motifs is 1. The molecule has 11 heteroatoms. The molecule has 2 aromatic carbocycles. The molecule has 2 aromatic rings. The second-order valence-corrected chi connectivity index (χ2v) is 8.60. The Morgan fingerprint density at radius 2 is 1.73 bits per heavy atom. The van der Waals surface area contributed by atoms with Crippen molar-refractivity contribution < 1.29 is 39.5 Å². The van der Waals surface area contributed by atoms with E-state index in [4.69, 9.17) is 30.9 Å². The van der Waals surface area contributed by atoms with E-state index in [-0.39, 0.29) is 12.0 Å². The van der Waals surface area contributed by atoms with E-state index in [0.717, 1.165) is 43.6 Å². The molecule has 1 aliphatic rings. The van der Waals surface area contributed by atoms with Crippen LogP contribution >= 0.6 is 0 Å². The van der Waals surface area contributed by atoms with E-state index in [1.165, 1.54) is 5.56 Å². The third kappa shape index (κ3) is 8.57. The molecule has 0 saturated carbocycles.